The molecule has 3 heterocycles. The summed E-state index contributed by atoms with van der Waals surface area (Å²) in [6.45, 7) is 0.919. The highest BCUT2D eigenvalue weighted by Gasteiger charge is 2.34. The van der Waals surface area contributed by atoms with Crippen molar-refractivity contribution in [3.05, 3.63) is 58.5 Å². The average Bonchev–Trinajstić information content (AvgIpc) is 3.31. The van der Waals surface area contributed by atoms with Crippen molar-refractivity contribution in [2.45, 2.75) is 12.3 Å². The Morgan fingerprint density at radius 1 is 1.26 bits per heavy atom. The van der Waals surface area contributed by atoms with Gasteiger partial charge in [-0.05, 0) is 18.6 Å². The molecule has 0 bridgehead atoms. The summed E-state index contributed by atoms with van der Waals surface area (Å²) in [6, 6.07) is 5.99. The number of rotatable bonds is 3. The molecule has 2 aromatic heterocycles. The zero-order valence-electron chi connectivity index (χ0n) is 14.6. The molecule has 27 heavy (non-hydrogen) atoms. The van der Waals surface area contributed by atoms with Gasteiger partial charge in [0.05, 0.1) is 10.4 Å². The van der Waals surface area contributed by atoms with E-state index in [2.05, 4.69) is 15.3 Å². The standard InChI is InChI=1S/C19H17FN4O2S/c1-21-17(25)16-14(15-18(27-16)23-8-7-22-15)11-6-9-24(10-11)19(26)12-4-2-3-5-13(12)20/h2-5,7-8,11H,6,9-10H2,1H3,(H,21,25)/t11-/m1/s1. The summed E-state index contributed by atoms with van der Waals surface area (Å²) in [4.78, 5) is 36.7. The van der Waals surface area contributed by atoms with Gasteiger partial charge in [0.1, 0.15) is 16.2 Å². The topological polar surface area (TPSA) is 75.2 Å². The maximum atomic E-state index is 14.0. The smallest absolute Gasteiger partial charge is 0.261 e. The van der Waals surface area contributed by atoms with Crippen LogP contribution in [0.1, 0.15) is 37.9 Å². The number of benzene rings is 1. The molecule has 0 aliphatic carbocycles. The minimum absolute atomic E-state index is 0.0431. The Morgan fingerprint density at radius 2 is 2.04 bits per heavy atom. The van der Waals surface area contributed by atoms with Crippen molar-refractivity contribution in [3.8, 4) is 0 Å². The van der Waals surface area contributed by atoms with Gasteiger partial charge in [0.2, 0.25) is 0 Å². The lowest BCUT2D eigenvalue weighted by Gasteiger charge is -2.17. The van der Waals surface area contributed by atoms with Gasteiger partial charge in [-0.25, -0.2) is 9.37 Å². The fraction of sp³-hybridized carbons (Fsp3) is 0.263. The first-order valence-electron chi connectivity index (χ1n) is 8.59. The van der Waals surface area contributed by atoms with Crippen LogP contribution in [0.2, 0.25) is 0 Å². The number of carbonyl (C=O) groups is 2. The minimum atomic E-state index is -0.524. The normalized spacial score (nSPS) is 16.7. The third kappa shape index (κ3) is 3.06. The Kier molecular flexibility index (Phi) is 4.57. The van der Waals surface area contributed by atoms with E-state index in [1.807, 2.05) is 0 Å². The van der Waals surface area contributed by atoms with E-state index in [0.29, 0.717) is 34.7 Å². The monoisotopic (exact) mass is 384 g/mol. The van der Waals surface area contributed by atoms with Crippen LogP contribution in [0.3, 0.4) is 0 Å². The van der Waals surface area contributed by atoms with Crippen LogP contribution in [-0.4, -0.2) is 46.8 Å². The molecule has 1 fully saturated rings. The van der Waals surface area contributed by atoms with Gasteiger partial charge in [-0.1, -0.05) is 12.1 Å². The molecule has 4 rings (SSSR count). The molecule has 1 aliphatic heterocycles. The SMILES string of the molecule is CNC(=O)c1sc2nccnc2c1[C@@H]1CCN(C(=O)c2ccccc2F)C1. The second kappa shape index (κ2) is 7.03. The third-order valence-corrected chi connectivity index (χ3v) is 5.89. The Balaban J connectivity index is 1.67. The highest BCUT2D eigenvalue weighted by molar-refractivity contribution is 7.20. The van der Waals surface area contributed by atoms with Crippen molar-refractivity contribution < 1.29 is 14.0 Å². The molecule has 1 aromatic carbocycles. The van der Waals surface area contributed by atoms with Crippen molar-refractivity contribution in [3.63, 3.8) is 0 Å². The molecule has 138 valence electrons. The fourth-order valence-electron chi connectivity index (χ4n) is 3.49. The van der Waals surface area contributed by atoms with Crippen molar-refractivity contribution in [2.75, 3.05) is 20.1 Å². The highest BCUT2D eigenvalue weighted by Crippen LogP contribution is 2.38. The lowest BCUT2D eigenvalue weighted by molar-refractivity contribution is 0.0786. The van der Waals surface area contributed by atoms with Crippen LogP contribution in [0.15, 0.2) is 36.7 Å². The second-order valence-electron chi connectivity index (χ2n) is 6.35. The number of fused-ring (bicyclic) bond motifs is 1. The molecular weight excluding hydrogens is 367 g/mol. The molecule has 8 heteroatoms. The summed E-state index contributed by atoms with van der Waals surface area (Å²) >= 11 is 1.30. The highest BCUT2D eigenvalue weighted by atomic mass is 32.1. The fourth-order valence-corrected chi connectivity index (χ4v) is 4.62. The third-order valence-electron chi connectivity index (χ3n) is 4.78. The van der Waals surface area contributed by atoms with Crippen molar-refractivity contribution in [1.29, 1.82) is 0 Å². The second-order valence-corrected chi connectivity index (χ2v) is 7.35. The number of halogens is 1. The van der Waals surface area contributed by atoms with Crippen LogP contribution >= 0.6 is 11.3 Å². The summed E-state index contributed by atoms with van der Waals surface area (Å²) in [7, 11) is 1.58. The lowest BCUT2D eigenvalue weighted by Crippen LogP contribution is -2.29. The van der Waals surface area contributed by atoms with E-state index >= 15 is 0 Å². The summed E-state index contributed by atoms with van der Waals surface area (Å²) < 4.78 is 14.0. The number of carbonyl (C=O) groups excluding carboxylic acids is 2. The number of thiophene rings is 1. The van der Waals surface area contributed by atoms with E-state index in [4.69, 9.17) is 0 Å². The van der Waals surface area contributed by atoms with Gasteiger partial charge in [0.25, 0.3) is 11.8 Å². The molecule has 1 saturated heterocycles. The molecule has 0 unspecified atom stereocenters. The van der Waals surface area contributed by atoms with Gasteiger partial charge in [-0.2, -0.15) is 0 Å². The van der Waals surface area contributed by atoms with Crippen LogP contribution < -0.4 is 5.32 Å². The first-order chi connectivity index (χ1) is 13.1. The molecule has 6 nitrogen and oxygen atoms in total. The van der Waals surface area contributed by atoms with Crippen LogP contribution in [0, 0.1) is 5.82 Å². The maximum Gasteiger partial charge on any atom is 0.261 e. The van der Waals surface area contributed by atoms with Gasteiger partial charge in [0, 0.05) is 44.0 Å². The predicted molar refractivity (Wildman–Crippen MR) is 100 cm³/mol. The summed E-state index contributed by atoms with van der Waals surface area (Å²) in [5.41, 5.74) is 1.59. The Bertz CT molecular complexity index is 1040. The lowest BCUT2D eigenvalue weighted by atomic mass is 9.97. The largest absolute Gasteiger partial charge is 0.354 e. The molecule has 0 saturated carbocycles. The zero-order valence-corrected chi connectivity index (χ0v) is 15.4. The van der Waals surface area contributed by atoms with Gasteiger partial charge in [-0.3, -0.25) is 14.6 Å². The van der Waals surface area contributed by atoms with E-state index in [9.17, 15) is 14.0 Å². The summed E-state index contributed by atoms with van der Waals surface area (Å²) in [5.74, 6) is -1.08. The van der Waals surface area contributed by atoms with E-state index in [-0.39, 0.29) is 23.3 Å². The molecule has 0 radical (unpaired) electrons. The molecular formula is C19H17FN4O2S. The van der Waals surface area contributed by atoms with Gasteiger partial charge < -0.3 is 10.2 Å². The quantitative estimate of drug-likeness (QED) is 0.754. The van der Waals surface area contributed by atoms with E-state index in [1.54, 1.807) is 36.5 Å². The number of amides is 2. The van der Waals surface area contributed by atoms with Crippen LogP contribution in [0.5, 0.6) is 0 Å². The number of hydrogen-bond acceptors (Lipinski definition) is 5. The van der Waals surface area contributed by atoms with Crippen molar-refractivity contribution in [2.24, 2.45) is 0 Å². The summed E-state index contributed by atoms with van der Waals surface area (Å²) in [5, 5.41) is 2.66. The van der Waals surface area contributed by atoms with Gasteiger partial charge in [-0.15, -0.1) is 11.3 Å². The minimum Gasteiger partial charge on any atom is -0.354 e. The number of nitrogens with zero attached hydrogens (tertiary/aromatic N) is 3. The van der Waals surface area contributed by atoms with Crippen molar-refractivity contribution >= 4 is 33.5 Å². The maximum absolute atomic E-state index is 14.0. The van der Waals surface area contributed by atoms with Crippen LogP contribution in [0.25, 0.3) is 10.3 Å². The van der Waals surface area contributed by atoms with E-state index in [0.717, 1.165) is 5.56 Å². The molecule has 0 spiro atoms. The Morgan fingerprint density at radius 3 is 2.81 bits per heavy atom. The molecule has 1 atom stereocenters. The number of hydrogen-bond donors (Lipinski definition) is 1. The van der Waals surface area contributed by atoms with Crippen molar-refractivity contribution in [1.82, 2.24) is 20.2 Å². The molecule has 2 amide bonds. The first kappa shape index (κ1) is 17.5. The first-order valence-corrected chi connectivity index (χ1v) is 9.41. The number of aromatic nitrogens is 2. The average molecular weight is 384 g/mol. The van der Waals surface area contributed by atoms with Gasteiger partial charge in [0.15, 0.2) is 0 Å². The summed E-state index contributed by atoms with van der Waals surface area (Å²) in [6.07, 6.45) is 3.88. The number of likely N-dealkylation sites (tertiary alicyclic amines) is 1. The predicted octanol–water partition coefficient (Wildman–Crippen LogP) is 2.82. The van der Waals surface area contributed by atoms with Crippen LogP contribution in [0.4, 0.5) is 4.39 Å². The molecule has 1 aliphatic rings. The number of nitrogens with one attached hydrogen (secondary N) is 1. The van der Waals surface area contributed by atoms with E-state index in [1.165, 1.54) is 23.5 Å². The van der Waals surface area contributed by atoms with Crippen LogP contribution in [-0.2, 0) is 0 Å². The Hall–Kier alpha value is -2.87. The molecule has 1 N–H and O–H groups in total. The molecule has 3 aromatic rings. The van der Waals surface area contributed by atoms with E-state index < -0.39 is 5.82 Å². The zero-order chi connectivity index (χ0) is 19.0. The Labute approximate surface area is 159 Å². The van der Waals surface area contributed by atoms with Gasteiger partial charge >= 0.3 is 0 Å².